The lowest BCUT2D eigenvalue weighted by atomic mass is 10.2. The number of anilines is 2. The molecule has 0 atom stereocenters. The number of ether oxygens (including phenoxy) is 1. The zero-order valence-electron chi connectivity index (χ0n) is 14.7. The summed E-state index contributed by atoms with van der Waals surface area (Å²) < 4.78 is 40.2. The van der Waals surface area contributed by atoms with Gasteiger partial charge in [0.05, 0.1) is 5.69 Å². The number of para-hydroxylation sites is 1. The molecule has 1 heterocycles. The van der Waals surface area contributed by atoms with Gasteiger partial charge in [0.1, 0.15) is 5.75 Å². The van der Waals surface area contributed by atoms with Gasteiger partial charge in [-0.2, -0.15) is 0 Å². The first-order chi connectivity index (χ1) is 13.3. The average molecular weight is 410 g/mol. The van der Waals surface area contributed by atoms with Crippen molar-refractivity contribution in [2.45, 2.75) is 24.1 Å². The molecule has 0 saturated heterocycles. The third kappa shape index (κ3) is 5.41. The molecule has 9 heteroatoms. The molecule has 0 spiro atoms. The minimum absolute atomic E-state index is 0.0224. The first kappa shape index (κ1) is 20.1. The number of carbonyl (C=O) groups is 2. The molecule has 0 bridgehead atoms. The standard InChI is InChI=1S/C19H17F3N2O3S/c20-19(21,22)27-14-7-5-13(6-8-14)23-17(25)9-10-18(26)24-11-12-28-16-4-2-1-3-15(16)24/h1-8H,9-12H2,(H,23,25). The Balaban J connectivity index is 1.51. The van der Waals surface area contributed by atoms with Crippen molar-refractivity contribution in [2.24, 2.45) is 0 Å². The number of benzene rings is 2. The van der Waals surface area contributed by atoms with E-state index >= 15 is 0 Å². The molecule has 2 amide bonds. The van der Waals surface area contributed by atoms with Crippen molar-refractivity contribution in [1.29, 1.82) is 0 Å². The summed E-state index contributed by atoms with van der Waals surface area (Å²) in [5.74, 6) is -0.113. The van der Waals surface area contributed by atoms with Crippen molar-refractivity contribution in [3.05, 3.63) is 48.5 Å². The van der Waals surface area contributed by atoms with Gasteiger partial charge < -0.3 is 15.0 Å². The van der Waals surface area contributed by atoms with Crippen LogP contribution in [0.1, 0.15) is 12.8 Å². The fraction of sp³-hybridized carbons (Fsp3) is 0.263. The van der Waals surface area contributed by atoms with E-state index in [2.05, 4.69) is 10.1 Å². The summed E-state index contributed by atoms with van der Waals surface area (Å²) >= 11 is 1.69. The molecule has 5 nitrogen and oxygen atoms in total. The van der Waals surface area contributed by atoms with E-state index < -0.39 is 12.3 Å². The van der Waals surface area contributed by atoms with Crippen molar-refractivity contribution >= 4 is 35.0 Å². The van der Waals surface area contributed by atoms with Crippen LogP contribution in [0, 0.1) is 0 Å². The molecule has 2 aromatic carbocycles. The summed E-state index contributed by atoms with van der Waals surface area (Å²) in [5.41, 5.74) is 1.18. The lowest BCUT2D eigenvalue weighted by Crippen LogP contribution is -2.35. The number of nitrogens with zero attached hydrogens (tertiary/aromatic N) is 1. The topological polar surface area (TPSA) is 58.6 Å². The van der Waals surface area contributed by atoms with Crippen molar-refractivity contribution in [3.8, 4) is 5.75 Å². The Morgan fingerprint density at radius 3 is 2.50 bits per heavy atom. The summed E-state index contributed by atoms with van der Waals surface area (Å²) in [7, 11) is 0. The Hall–Kier alpha value is -2.68. The van der Waals surface area contributed by atoms with Crippen molar-refractivity contribution in [3.63, 3.8) is 0 Å². The molecular formula is C19H17F3N2O3S. The van der Waals surface area contributed by atoms with Crippen LogP contribution in [0.25, 0.3) is 0 Å². The van der Waals surface area contributed by atoms with Gasteiger partial charge in [0.15, 0.2) is 0 Å². The number of hydrogen-bond donors (Lipinski definition) is 1. The van der Waals surface area contributed by atoms with Gasteiger partial charge in [-0.3, -0.25) is 9.59 Å². The van der Waals surface area contributed by atoms with E-state index in [-0.39, 0.29) is 24.5 Å². The number of thioether (sulfide) groups is 1. The van der Waals surface area contributed by atoms with Crippen LogP contribution in [-0.4, -0.2) is 30.5 Å². The largest absolute Gasteiger partial charge is 0.573 e. The molecule has 0 fully saturated rings. The normalized spacial score (nSPS) is 13.6. The fourth-order valence-corrected chi connectivity index (χ4v) is 3.74. The minimum Gasteiger partial charge on any atom is -0.406 e. The molecule has 148 valence electrons. The van der Waals surface area contributed by atoms with Gasteiger partial charge in [0.2, 0.25) is 11.8 Å². The summed E-state index contributed by atoms with van der Waals surface area (Å²) in [4.78, 5) is 27.3. The Morgan fingerprint density at radius 2 is 1.79 bits per heavy atom. The molecule has 28 heavy (non-hydrogen) atoms. The first-order valence-corrected chi connectivity index (χ1v) is 9.48. The Kier molecular flexibility index (Phi) is 6.13. The van der Waals surface area contributed by atoms with Crippen LogP contribution >= 0.6 is 11.8 Å². The molecular weight excluding hydrogens is 393 g/mol. The van der Waals surface area contributed by atoms with Crippen molar-refractivity contribution in [1.82, 2.24) is 0 Å². The van der Waals surface area contributed by atoms with Crippen LogP contribution in [0.15, 0.2) is 53.4 Å². The molecule has 0 saturated carbocycles. The van der Waals surface area contributed by atoms with E-state index in [0.29, 0.717) is 12.2 Å². The number of rotatable bonds is 5. The maximum Gasteiger partial charge on any atom is 0.573 e. The predicted octanol–water partition coefficient (Wildman–Crippen LogP) is 4.44. The molecule has 2 aromatic rings. The number of alkyl halides is 3. The van der Waals surface area contributed by atoms with Crippen LogP contribution in [0.3, 0.4) is 0 Å². The molecule has 3 rings (SSSR count). The Labute approximate surface area is 163 Å². The lowest BCUT2D eigenvalue weighted by Gasteiger charge is -2.29. The third-order valence-electron chi connectivity index (χ3n) is 3.97. The summed E-state index contributed by atoms with van der Waals surface area (Å²) in [6.45, 7) is 0.586. The number of nitrogens with one attached hydrogen (secondary N) is 1. The Bertz CT molecular complexity index is 856. The number of amides is 2. The van der Waals surface area contributed by atoms with Gasteiger partial charge >= 0.3 is 6.36 Å². The van der Waals surface area contributed by atoms with E-state index in [4.69, 9.17) is 0 Å². The van der Waals surface area contributed by atoms with E-state index in [0.717, 1.165) is 28.5 Å². The Morgan fingerprint density at radius 1 is 1.07 bits per heavy atom. The van der Waals surface area contributed by atoms with Crippen LogP contribution in [-0.2, 0) is 9.59 Å². The highest BCUT2D eigenvalue weighted by atomic mass is 32.2. The molecule has 1 aliphatic heterocycles. The SMILES string of the molecule is O=C(CCC(=O)N1CCSc2ccccc21)Nc1ccc(OC(F)(F)F)cc1. The highest BCUT2D eigenvalue weighted by Gasteiger charge is 2.31. The third-order valence-corrected chi connectivity index (χ3v) is 5.01. The number of carbonyl (C=O) groups excluding carboxylic acids is 2. The average Bonchev–Trinajstić information content (AvgIpc) is 2.66. The summed E-state index contributed by atoms with van der Waals surface area (Å²) in [6.07, 6.45) is -4.75. The number of hydrogen-bond acceptors (Lipinski definition) is 4. The smallest absolute Gasteiger partial charge is 0.406 e. The molecule has 0 aliphatic carbocycles. The maximum atomic E-state index is 12.5. The second kappa shape index (κ2) is 8.55. The van der Waals surface area contributed by atoms with Crippen LogP contribution in [0.5, 0.6) is 5.75 Å². The second-order valence-electron chi connectivity index (χ2n) is 5.98. The monoisotopic (exact) mass is 410 g/mol. The lowest BCUT2D eigenvalue weighted by molar-refractivity contribution is -0.274. The summed E-state index contributed by atoms with van der Waals surface area (Å²) in [6, 6.07) is 12.4. The fourth-order valence-electron chi connectivity index (χ4n) is 2.75. The van der Waals surface area contributed by atoms with Crippen LogP contribution in [0.4, 0.5) is 24.5 Å². The quantitative estimate of drug-likeness (QED) is 0.792. The van der Waals surface area contributed by atoms with E-state index in [9.17, 15) is 22.8 Å². The molecule has 0 radical (unpaired) electrons. The first-order valence-electron chi connectivity index (χ1n) is 8.50. The van der Waals surface area contributed by atoms with E-state index in [1.807, 2.05) is 24.3 Å². The second-order valence-corrected chi connectivity index (χ2v) is 7.12. The van der Waals surface area contributed by atoms with Gasteiger partial charge in [-0.05, 0) is 36.4 Å². The van der Waals surface area contributed by atoms with Gasteiger partial charge in [0.25, 0.3) is 0 Å². The van der Waals surface area contributed by atoms with Gasteiger partial charge in [-0.1, -0.05) is 12.1 Å². The molecule has 1 aliphatic rings. The van der Waals surface area contributed by atoms with E-state index in [1.54, 1.807) is 16.7 Å². The zero-order chi connectivity index (χ0) is 20.1. The predicted molar refractivity (Wildman–Crippen MR) is 101 cm³/mol. The van der Waals surface area contributed by atoms with Crippen LogP contribution < -0.4 is 15.0 Å². The zero-order valence-corrected chi connectivity index (χ0v) is 15.5. The van der Waals surface area contributed by atoms with Gasteiger partial charge in [-0.15, -0.1) is 24.9 Å². The number of fused-ring (bicyclic) bond motifs is 1. The minimum atomic E-state index is -4.77. The number of halogens is 3. The van der Waals surface area contributed by atoms with Crippen molar-refractivity contribution < 1.29 is 27.5 Å². The molecule has 1 N–H and O–H groups in total. The van der Waals surface area contributed by atoms with E-state index in [1.165, 1.54) is 12.1 Å². The van der Waals surface area contributed by atoms with Gasteiger partial charge in [-0.25, -0.2) is 0 Å². The summed E-state index contributed by atoms with van der Waals surface area (Å²) in [5, 5.41) is 2.56. The van der Waals surface area contributed by atoms with Crippen molar-refractivity contribution in [2.75, 3.05) is 22.5 Å². The molecule has 0 aromatic heterocycles. The highest BCUT2D eigenvalue weighted by Crippen LogP contribution is 2.34. The highest BCUT2D eigenvalue weighted by molar-refractivity contribution is 7.99. The van der Waals surface area contributed by atoms with Crippen LogP contribution in [0.2, 0.25) is 0 Å². The maximum absolute atomic E-state index is 12.5. The van der Waals surface area contributed by atoms with Gasteiger partial charge in [0, 0.05) is 35.7 Å². The molecule has 0 unspecified atom stereocenters.